The molecule has 0 aliphatic carbocycles. The summed E-state index contributed by atoms with van der Waals surface area (Å²) in [6, 6.07) is 63.0. The van der Waals surface area contributed by atoms with Gasteiger partial charge in [0.2, 0.25) is 0 Å². The predicted molar refractivity (Wildman–Crippen MR) is 305 cm³/mol. The van der Waals surface area contributed by atoms with Crippen LogP contribution in [0.3, 0.4) is 0 Å². The van der Waals surface area contributed by atoms with Crippen LogP contribution in [0.4, 0.5) is 0 Å². The summed E-state index contributed by atoms with van der Waals surface area (Å²) in [5.74, 6) is 0. The van der Waals surface area contributed by atoms with Crippen molar-refractivity contribution in [2.45, 2.75) is 166 Å². The largest absolute Gasteiger partial charge is 0.226 e. The molecule has 0 saturated carbocycles. The zero-order chi connectivity index (χ0) is 51.9. The fourth-order valence-corrected chi connectivity index (χ4v) is 5.06. The Hall–Kier alpha value is -3.25. The maximum absolute atomic E-state index is 3.32. The SMILES string of the molecule is CC.CC.CC.CC.CC.CC.CC.Cc1[c-]c(-c2[c-]c(C)ccc2)ccc1.Cc1cc[c-]c(-c2[c-]ccc(C)c2)c1.Cc1ccc(C)cc1.Cc1cccc(C)c1.Cc1ccccc1C.[Y].[Y]. The van der Waals surface area contributed by atoms with Crippen molar-refractivity contribution in [2.24, 2.45) is 0 Å². The molecular weight excluding hydrogens is 971 g/mol. The van der Waals surface area contributed by atoms with Crippen LogP contribution in [0.25, 0.3) is 22.3 Å². The molecule has 7 aromatic carbocycles. The fourth-order valence-electron chi connectivity index (χ4n) is 5.06. The van der Waals surface area contributed by atoms with Crippen LogP contribution < -0.4 is 0 Å². The van der Waals surface area contributed by atoms with E-state index in [9.17, 15) is 0 Å². The molecule has 0 fully saturated rings. The first-order valence-corrected chi connectivity index (χ1v) is 24.9. The molecule has 0 aliphatic rings. The third-order valence-electron chi connectivity index (χ3n) is 8.19. The summed E-state index contributed by atoms with van der Waals surface area (Å²) in [5, 5.41) is 0. The standard InChI is InChI=1S/2C14H12.3C8H10.7C2H6.2Y/c2*1-11-5-3-7-13(9-11)14-8-4-6-12(2)10-14;1-7-3-5-8(2)6-4-7;1-7-4-3-5-8(2)6-7;1-7-5-3-4-6-8(7)2;7*1-2;;/h3-6,9-10H,1-2H3;3-8H,1-2H3;3*3-6H,1-2H3;7*1-2H3;;/q2*-2;;;;;;;;;;;;. The summed E-state index contributed by atoms with van der Waals surface area (Å²) in [6.45, 7) is 48.9. The smallest absolute Gasteiger partial charge is 0 e. The van der Waals surface area contributed by atoms with Crippen molar-refractivity contribution in [3.8, 4) is 22.3 Å². The van der Waals surface area contributed by atoms with E-state index in [-0.39, 0.29) is 65.4 Å². The van der Waals surface area contributed by atoms with Gasteiger partial charge in [0.15, 0.2) is 0 Å². The van der Waals surface area contributed by atoms with Crippen LogP contribution in [-0.2, 0) is 65.4 Å². The molecule has 0 nitrogen and oxygen atoms in total. The summed E-state index contributed by atoms with van der Waals surface area (Å²) in [4.78, 5) is 0. The molecule has 0 amide bonds. The van der Waals surface area contributed by atoms with Gasteiger partial charge in [0.1, 0.15) is 0 Å². The second-order valence-corrected chi connectivity index (χ2v) is 13.5. The summed E-state index contributed by atoms with van der Waals surface area (Å²) in [7, 11) is 0. The van der Waals surface area contributed by atoms with Crippen LogP contribution in [0.1, 0.15) is 153 Å². The predicted octanol–water partition coefficient (Wildman–Crippen LogP) is 21.2. The Balaban J connectivity index is -0.000000130. The van der Waals surface area contributed by atoms with Crippen LogP contribution in [0.15, 0.2) is 146 Å². The van der Waals surface area contributed by atoms with E-state index in [2.05, 4.69) is 227 Å². The molecule has 0 atom stereocenters. The number of rotatable bonds is 2. The molecule has 0 N–H and O–H groups in total. The number of hydrogen-bond acceptors (Lipinski definition) is 0. The topological polar surface area (TPSA) is 0 Å². The third-order valence-corrected chi connectivity index (χ3v) is 8.19. The average Bonchev–Trinajstić information content (AvgIpc) is 3.36. The van der Waals surface area contributed by atoms with E-state index in [0.29, 0.717) is 0 Å². The molecule has 7 aromatic rings. The van der Waals surface area contributed by atoms with Gasteiger partial charge in [0.05, 0.1) is 0 Å². The van der Waals surface area contributed by atoms with E-state index in [4.69, 9.17) is 0 Å². The monoisotopic (exact) mass is 1070 g/mol. The van der Waals surface area contributed by atoms with Crippen molar-refractivity contribution in [3.05, 3.63) is 225 Å². The van der Waals surface area contributed by atoms with E-state index in [1.54, 1.807) is 0 Å². The van der Waals surface area contributed by atoms with Gasteiger partial charge in [0.25, 0.3) is 0 Å². The van der Waals surface area contributed by atoms with Crippen molar-refractivity contribution >= 4 is 0 Å². The molecule has 68 heavy (non-hydrogen) atoms. The Kier molecular flexibility index (Phi) is 65.4. The van der Waals surface area contributed by atoms with Crippen molar-refractivity contribution in [1.29, 1.82) is 0 Å². The molecule has 0 aliphatic heterocycles. The summed E-state index contributed by atoms with van der Waals surface area (Å²) in [5.41, 5.74) is 17.4. The first-order valence-electron chi connectivity index (χ1n) is 24.9. The maximum atomic E-state index is 3.32. The van der Waals surface area contributed by atoms with Crippen LogP contribution in [0.5, 0.6) is 0 Å². The molecule has 0 saturated heterocycles. The first kappa shape index (κ1) is 78.9. The normalized spacial score (nSPS) is 8.06. The maximum Gasteiger partial charge on any atom is 0 e. The minimum Gasteiger partial charge on any atom is -0.226 e. The van der Waals surface area contributed by atoms with Crippen LogP contribution in [0.2, 0.25) is 0 Å². The molecule has 7 rings (SSSR count). The minimum atomic E-state index is 0. The van der Waals surface area contributed by atoms with Crippen molar-refractivity contribution in [2.75, 3.05) is 0 Å². The molecule has 0 unspecified atom stereocenters. The van der Waals surface area contributed by atoms with Crippen molar-refractivity contribution in [3.63, 3.8) is 0 Å². The Morgan fingerprint density at radius 2 is 0.529 bits per heavy atom. The third kappa shape index (κ3) is 41.7. The zero-order valence-electron chi connectivity index (χ0n) is 48.0. The molecule has 0 bridgehead atoms. The van der Waals surface area contributed by atoms with Crippen LogP contribution in [0, 0.1) is 93.5 Å². The average molecular weight is 1070 g/mol. The van der Waals surface area contributed by atoms with Crippen LogP contribution in [-0.4, -0.2) is 0 Å². The molecule has 2 radical (unpaired) electrons. The molecule has 370 valence electrons. The van der Waals surface area contributed by atoms with E-state index >= 15 is 0 Å². The summed E-state index contributed by atoms with van der Waals surface area (Å²) >= 11 is 0. The van der Waals surface area contributed by atoms with Gasteiger partial charge >= 0.3 is 0 Å². The zero-order valence-corrected chi connectivity index (χ0v) is 53.7. The van der Waals surface area contributed by atoms with E-state index < -0.39 is 0 Å². The Labute approximate surface area is 474 Å². The fraction of sp³-hybridized carbons (Fsp3) is 0.364. The second kappa shape index (κ2) is 56.3. The Bertz CT molecular complexity index is 1860. The van der Waals surface area contributed by atoms with Crippen molar-refractivity contribution < 1.29 is 65.4 Å². The molecule has 0 aromatic heterocycles. The quantitative estimate of drug-likeness (QED) is 0.151. The van der Waals surface area contributed by atoms with Gasteiger partial charge in [-0.25, -0.2) is 22.3 Å². The number of benzene rings is 7. The van der Waals surface area contributed by atoms with E-state index in [1.807, 2.05) is 109 Å². The minimum absolute atomic E-state index is 0. The van der Waals surface area contributed by atoms with E-state index in [0.717, 1.165) is 33.4 Å². The van der Waals surface area contributed by atoms with Gasteiger partial charge in [-0.2, -0.15) is 72.8 Å². The molecule has 2 heteroatoms. The summed E-state index contributed by atoms with van der Waals surface area (Å²) < 4.78 is 0. The van der Waals surface area contributed by atoms with Gasteiger partial charge in [-0.1, -0.05) is 220 Å². The van der Waals surface area contributed by atoms with Gasteiger partial charge in [-0.3, -0.25) is 0 Å². The molecule has 0 heterocycles. The van der Waals surface area contributed by atoms with Gasteiger partial charge < -0.3 is 0 Å². The van der Waals surface area contributed by atoms with Gasteiger partial charge in [0, 0.05) is 65.4 Å². The Morgan fingerprint density at radius 1 is 0.250 bits per heavy atom. The number of hydrogen-bond donors (Lipinski definition) is 0. The van der Waals surface area contributed by atoms with Crippen LogP contribution >= 0.6 is 0 Å². The first-order chi connectivity index (χ1) is 31.9. The van der Waals surface area contributed by atoms with Crippen molar-refractivity contribution in [1.82, 2.24) is 0 Å². The van der Waals surface area contributed by atoms with E-state index in [1.165, 1.54) is 44.5 Å². The Morgan fingerprint density at radius 3 is 0.765 bits per heavy atom. The number of aryl methyl sites for hydroxylation is 10. The molecule has 0 spiro atoms. The summed E-state index contributed by atoms with van der Waals surface area (Å²) in [6.07, 6.45) is 0. The van der Waals surface area contributed by atoms with Gasteiger partial charge in [-0.05, 0) is 52.7 Å². The van der Waals surface area contributed by atoms with Gasteiger partial charge in [-0.15, -0.1) is 46.5 Å². The molecular formula is C66H96Y2-4. The second-order valence-electron chi connectivity index (χ2n) is 13.5.